The fourth-order valence-corrected chi connectivity index (χ4v) is 2.67. The number of ether oxygens (including phenoxy) is 4. The van der Waals surface area contributed by atoms with Crippen molar-refractivity contribution < 1.29 is 18.9 Å². The molecular weight excluding hydrogens is 364 g/mol. The van der Waals surface area contributed by atoms with Crippen molar-refractivity contribution in [2.24, 2.45) is 0 Å². The molecule has 0 spiro atoms. The molecule has 6 nitrogen and oxygen atoms in total. The van der Waals surface area contributed by atoms with E-state index in [1.54, 1.807) is 14.2 Å². The molecule has 0 heterocycles. The summed E-state index contributed by atoms with van der Waals surface area (Å²) in [7, 11) is 3.20. The fourth-order valence-electron chi connectivity index (χ4n) is 2.48. The van der Waals surface area contributed by atoms with Crippen molar-refractivity contribution in [1.82, 2.24) is 5.32 Å². The Kier molecular flexibility index (Phi) is 8.00. The smallest absolute Gasteiger partial charge is 0.171 e. The van der Waals surface area contributed by atoms with Crippen LogP contribution in [0.5, 0.6) is 23.0 Å². The van der Waals surface area contributed by atoms with E-state index in [9.17, 15) is 0 Å². The minimum Gasteiger partial charge on any atom is -0.493 e. The average molecular weight is 391 g/mol. The number of hydrogen-bond donors (Lipinski definition) is 2. The molecule has 27 heavy (non-hydrogen) atoms. The molecule has 2 aromatic rings. The lowest BCUT2D eigenvalue weighted by Gasteiger charge is -2.15. The van der Waals surface area contributed by atoms with Crippen molar-refractivity contribution >= 4 is 23.0 Å². The topological polar surface area (TPSA) is 61.0 Å². The van der Waals surface area contributed by atoms with Gasteiger partial charge in [-0.3, -0.25) is 0 Å². The number of rotatable bonds is 9. The Morgan fingerprint density at radius 3 is 2.19 bits per heavy atom. The number of hydrogen-bond acceptors (Lipinski definition) is 5. The van der Waals surface area contributed by atoms with Crippen molar-refractivity contribution in [3.05, 3.63) is 42.0 Å². The van der Waals surface area contributed by atoms with Crippen LogP contribution in [0.25, 0.3) is 0 Å². The van der Waals surface area contributed by atoms with Gasteiger partial charge in [-0.2, -0.15) is 0 Å². The normalized spacial score (nSPS) is 10.1. The lowest BCUT2D eigenvalue weighted by molar-refractivity contribution is 0.287. The van der Waals surface area contributed by atoms with Gasteiger partial charge in [0, 0.05) is 18.3 Å². The van der Waals surface area contributed by atoms with Gasteiger partial charge in [-0.25, -0.2) is 0 Å². The maximum Gasteiger partial charge on any atom is 0.171 e. The van der Waals surface area contributed by atoms with Gasteiger partial charge in [0.05, 0.1) is 27.4 Å². The molecule has 0 aliphatic heterocycles. The van der Waals surface area contributed by atoms with Gasteiger partial charge >= 0.3 is 0 Å². The number of thiocarbonyl (C=S) groups is 1. The van der Waals surface area contributed by atoms with E-state index < -0.39 is 0 Å². The zero-order valence-corrected chi connectivity index (χ0v) is 16.9. The van der Waals surface area contributed by atoms with Crippen molar-refractivity contribution in [2.75, 3.05) is 32.8 Å². The Morgan fingerprint density at radius 1 is 0.852 bits per heavy atom. The third kappa shape index (κ3) is 5.92. The van der Waals surface area contributed by atoms with Crippen LogP contribution in [0.4, 0.5) is 5.69 Å². The molecule has 0 amide bonds. The van der Waals surface area contributed by atoms with Crippen LogP contribution in [0.15, 0.2) is 36.4 Å². The predicted octanol–water partition coefficient (Wildman–Crippen LogP) is 3.99. The monoisotopic (exact) mass is 390 g/mol. The Labute approximate surface area is 165 Å². The Morgan fingerprint density at radius 2 is 1.52 bits per heavy atom. The highest BCUT2D eigenvalue weighted by molar-refractivity contribution is 7.80. The molecule has 0 fully saturated rings. The van der Waals surface area contributed by atoms with Crippen LogP contribution in [0.1, 0.15) is 19.4 Å². The summed E-state index contributed by atoms with van der Waals surface area (Å²) in [6.07, 6.45) is 0. The SMILES string of the molecule is CCOc1ccc(CNC(=S)Nc2ccc(OC)c(OC)c2)cc1OCC. The van der Waals surface area contributed by atoms with Crippen LogP contribution in [-0.2, 0) is 6.54 Å². The zero-order chi connectivity index (χ0) is 19.6. The molecule has 0 aromatic heterocycles. The van der Waals surface area contributed by atoms with Crippen LogP contribution in [-0.4, -0.2) is 32.5 Å². The molecule has 0 radical (unpaired) electrons. The van der Waals surface area contributed by atoms with Crippen LogP contribution < -0.4 is 29.6 Å². The fraction of sp³-hybridized carbons (Fsp3) is 0.350. The van der Waals surface area contributed by atoms with Gasteiger partial charge in [-0.1, -0.05) is 6.07 Å². The van der Waals surface area contributed by atoms with E-state index in [2.05, 4.69) is 10.6 Å². The first-order valence-electron chi connectivity index (χ1n) is 8.76. The molecule has 0 saturated heterocycles. The van der Waals surface area contributed by atoms with Crippen molar-refractivity contribution in [1.29, 1.82) is 0 Å². The van der Waals surface area contributed by atoms with Crippen molar-refractivity contribution in [3.63, 3.8) is 0 Å². The highest BCUT2D eigenvalue weighted by Gasteiger charge is 2.08. The largest absolute Gasteiger partial charge is 0.493 e. The van der Waals surface area contributed by atoms with E-state index in [1.165, 1.54) is 0 Å². The van der Waals surface area contributed by atoms with Crippen LogP contribution in [0.3, 0.4) is 0 Å². The van der Waals surface area contributed by atoms with Gasteiger partial charge in [0.15, 0.2) is 28.1 Å². The summed E-state index contributed by atoms with van der Waals surface area (Å²) in [5, 5.41) is 6.83. The Hall–Kier alpha value is -2.67. The van der Waals surface area contributed by atoms with Crippen LogP contribution >= 0.6 is 12.2 Å². The molecule has 0 aliphatic carbocycles. The molecular formula is C20H26N2O4S. The second kappa shape index (κ2) is 10.5. The first-order chi connectivity index (χ1) is 13.1. The van der Waals surface area contributed by atoms with Crippen LogP contribution in [0, 0.1) is 0 Å². The van der Waals surface area contributed by atoms with Gasteiger partial charge in [0.25, 0.3) is 0 Å². The summed E-state index contributed by atoms with van der Waals surface area (Å²) in [4.78, 5) is 0. The number of anilines is 1. The maximum atomic E-state index is 5.65. The van der Waals surface area contributed by atoms with Gasteiger partial charge in [-0.15, -0.1) is 0 Å². The number of benzene rings is 2. The highest BCUT2D eigenvalue weighted by Crippen LogP contribution is 2.30. The maximum absolute atomic E-state index is 5.65. The molecule has 0 aliphatic rings. The van der Waals surface area contributed by atoms with Crippen molar-refractivity contribution in [2.45, 2.75) is 20.4 Å². The summed E-state index contributed by atoms with van der Waals surface area (Å²) >= 11 is 5.38. The second-order valence-corrected chi connectivity index (χ2v) is 5.93. The van der Waals surface area contributed by atoms with Crippen LogP contribution in [0.2, 0.25) is 0 Å². The Balaban J connectivity index is 1.98. The lowest BCUT2D eigenvalue weighted by atomic mass is 10.2. The second-order valence-electron chi connectivity index (χ2n) is 5.52. The predicted molar refractivity (Wildman–Crippen MR) is 111 cm³/mol. The molecule has 7 heteroatoms. The summed E-state index contributed by atoms with van der Waals surface area (Å²) in [5.74, 6) is 2.78. The molecule has 0 bridgehead atoms. The summed E-state index contributed by atoms with van der Waals surface area (Å²) in [5.41, 5.74) is 1.85. The van der Waals surface area contributed by atoms with E-state index in [1.807, 2.05) is 50.2 Å². The quantitative estimate of drug-likeness (QED) is 0.628. The molecule has 2 N–H and O–H groups in total. The molecule has 146 valence electrons. The minimum atomic E-state index is 0.508. The molecule has 0 saturated carbocycles. The van der Waals surface area contributed by atoms with E-state index in [0.29, 0.717) is 36.4 Å². The third-order valence-corrected chi connectivity index (χ3v) is 3.95. The zero-order valence-electron chi connectivity index (χ0n) is 16.1. The molecule has 0 atom stereocenters. The van der Waals surface area contributed by atoms with Gasteiger partial charge in [-0.05, 0) is 55.9 Å². The van der Waals surface area contributed by atoms with E-state index in [4.69, 9.17) is 31.2 Å². The molecule has 2 aromatic carbocycles. The van der Waals surface area contributed by atoms with E-state index >= 15 is 0 Å². The highest BCUT2D eigenvalue weighted by atomic mass is 32.1. The lowest BCUT2D eigenvalue weighted by Crippen LogP contribution is -2.27. The van der Waals surface area contributed by atoms with E-state index in [-0.39, 0.29) is 0 Å². The van der Waals surface area contributed by atoms with E-state index in [0.717, 1.165) is 22.7 Å². The van der Waals surface area contributed by atoms with Gasteiger partial charge in [0.2, 0.25) is 0 Å². The summed E-state index contributed by atoms with van der Waals surface area (Å²) in [6.45, 7) is 5.63. The molecule has 0 unspecified atom stereocenters. The van der Waals surface area contributed by atoms with Crippen molar-refractivity contribution in [3.8, 4) is 23.0 Å². The van der Waals surface area contributed by atoms with Gasteiger partial charge < -0.3 is 29.6 Å². The summed E-state index contributed by atoms with van der Waals surface area (Å²) < 4.78 is 21.8. The Bertz CT molecular complexity index is 768. The first kappa shape index (κ1) is 20.6. The molecule has 2 rings (SSSR count). The number of nitrogens with one attached hydrogen (secondary N) is 2. The summed E-state index contributed by atoms with van der Waals surface area (Å²) in [6, 6.07) is 11.4. The number of methoxy groups -OCH3 is 2. The minimum absolute atomic E-state index is 0.508. The first-order valence-corrected chi connectivity index (χ1v) is 9.17. The standard InChI is InChI=1S/C20H26N2O4S/c1-5-25-17-9-7-14(11-19(17)26-6-2)13-21-20(27)22-15-8-10-16(23-3)18(12-15)24-4/h7-12H,5-6,13H2,1-4H3,(H2,21,22,27). The average Bonchev–Trinajstić information content (AvgIpc) is 2.68. The third-order valence-electron chi connectivity index (χ3n) is 3.70. The van der Waals surface area contributed by atoms with Gasteiger partial charge in [0.1, 0.15) is 0 Å².